The molecule has 4 atom stereocenters. The van der Waals surface area contributed by atoms with E-state index < -0.39 is 0 Å². The molecule has 0 unspecified atom stereocenters. The van der Waals surface area contributed by atoms with Crippen molar-refractivity contribution in [2.75, 3.05) is 13.7 Å². The maximum absolute atomic E-state index is 12.5. The van der Waals surface area contributed by atoms with Gasteiger partial charge in [-0.3, -0.25) is 9.69 Å². The molecule has 2 saturated heterocycles. The van der Waals surface area contributed by atoms with Crippen molar-refractivity contribution in [2.45, 2.75) is 37.3 Å². The van der Waals surface area contributed by atoms with Crippen LogP contribution in [0.4, 0.5) is 0 Å². The van der Waals surface area contributed by atoms with Crippen LogP contribution in [-0.2, 0) is 9.53 Å². The minimum Gasteiger partial charge on any atom is -0.469 e. The van der Waals surface area contributed by atoms with Crippen molar-refractivity contribution >= 4 is 28.6 Å². The third-order valence-corrected chi connectivity index (χ3v) is 5.68. The first-order valence-electron chi connectivity index (χ1n) is 7.90. The second kappa shape index (κ2) is 7.13. The van der Waals surface area contributed by atoms with Crippen LogP contribution in [0.1, 0.15) is 30.7 Å². The van der Waals surface area contributed by atoms with Gasteiger partial charge in [0.05, 0.1) is 13.0 Å². The number of benzene rings is 1. The van der Waals surface area contributed by atoms with E-state index in [1.807, 2.05) is 6.07 Å². The van der Waals surface area contributed by atoms with Gasteiger partial charge in [-0.15, -0.1) is 0 Å². The molecule has 0 spiro atoms. The molecule has 0 N–H and O–H groups in total. The Balaban J connectivity index is 1.91. The van der Waals surface area contributed by atoms with Gasteiger partial charge in [-0.05, 0) is 28.9 Å². The number of rotatable bonds is 4. The maximum atomic E-state index is 12.5. The zero-order valence-electron chi connectivity index (χ0n) is 12.8. The van der Waals surface area contributed by atoms with Crippen molar-refractivity contribution in [1.82, 2.24) is 4.90 Å². The number of hydrogen-bond donors (Lipinski definition) is 0. The third kappa shape index (κ3) is 2.95. The molecule has 3 nitrogen and oxygen atoms in total. The summed E-state index contributed by atoms with van der Waals surface area (Å²) in [5.74, 6) is 0.183. The number of halogens is 1. The number of hydrogen-bond acceptors (Lipinski definition) is 3. The summed E-state index contributed by atoms with van der Waals surface area (Å²) in [6, 6.07) is 11.4. The first-order valence-corrected chi connectivity index (χ1v) is 9.14. The largest absolute Gasteiger partial charge is 0.469 e. The standard InChI is InChI=1S/C18H22INO2/c1-22-18(21)17-15(13-6-3-2-4-7-13)12-14-8-9-16(17)20(14)11-5-10-19/h2-7,10,14-17H,8-9,11-12H2,1H3/b10-5+/t14-,15+,16+,17-/m0/s1. The predicted octanol–water partition coefficient (Wildman–Crippen LogP) is 3.74. The Kier molecular flexibility index (Phi) is 5.18. The Morgan fingerprint density at radius 1 is 1.36 bits per heavy atom. The molecule has 0 aromatic heterocycles. The van der Waals surface area contributed by atoms with E-state index in [4.69, 9.17) is 4.74 Å². The Morgan fingerprint density at radius 2 is 2.14 bits per heavy atom. The van der Waals surface area contributed by atoms with Gasteiger partial charge in [0.1, 0.15) is 0 Å². The van der Waals surface area contributed by atoms with Gasteiger partial charge in [-0.2, -0.15) is 0 Å². The molecule has 118 valence electrons. The highest BCUT2D eigenvalue weighted by Crippen LogP contribution is 2.47. The summed E-state index contributed by atoms with van der Waals surface area (Å²) < 4.78 is 7.22. The monoisotopic (exact) mass is 411 g/mol. The summed E-state index contributed by atoms with van der Waals surface area (Å²) in [6.07, 6.45) is 5.53. The average molecular weight is 411 g/mol. The Morgan fingerprint density at radius 3 is 2.82 bits per heavy atom. The highest BCUT2D eigenvalue weighted by molar-refractivity contribution is 14.1. The molecule has 2 heterocycles. The molecule has 1 aromatic rings. The molecule has 2 bridgehead atoms. The second-order valence-corrected chi connectivity index (χ2v) is 6.88. The Labute approximate surface area is 145 Å². The summed E-state index contributed by atoms with van der Waals surface area (Å²) in [4.78, 5) is 15.0. The number of piperidine rings is 1. The average Bonchev–Trinajstić information content (AvgIpc) is 2.84. The molecule has 2 aliphatic heterocycles. The highest BCUT2D eigenvalue weighted by Gasteiger charge is 2.50. The topological polar surface area (TPSA) is 29.5 Å². The van der Waals surface area contributed by atoms with Gasteiger partial charge < -0.3 is 4.74 Å². The van der Waals surface area contributed by atoms with Gasteiger partial charge in [0.25, 0.3) is 0 Å². The highest BCUT2D eigenvalue weighted by atomic mass is 127. The van der Waals surface area contributed by atoms with Crippen LogP contribution in [0.2, 0.25) is 0 Å². The van der Waals surface area contributed by atoms with Crippen LogP contribution in [0, 0.1) is 5.92 Å². The van der Waals surface area contributed by atoms with Gasteiger partial charge in [0, 0.05) is 24.5 Å². The van der Waals surface area contributed by atoms with Crippen molar-refractivity contribution in [3.05, 3.63) is 46.1 Å². The lowest BCUT2D eigenvalue weighted by molar-refractivity contribution is -0.150. The molecule has 0 aliphatic carbocycles. The van der Waals surface area contributed by atoms with E-state index >= 15 is 0 Å². The molecule has 22 heavy (non-hydrogen) atoms. The summed E-state index contributed by atoms with van der Waals surface area (Å²) in [6.45, 7) is 0.938. The summed E-state index contributed by atoms with van der Waals surface area (Å²) >= 11 is 2.26. The molecule has 2 aliphatic rings. The van der Waals surface area contributed by atoms with E-state index in [0.29, 0.717) is 12.1 Å². The van der Waals surface area contributed by atoms with E-state index in [-0.39, 0.29) is 17.8 Å². The van der Waals surface area contributed by atoms with Crippen LogP contribution in [0.25, 0.3) is 0 Å². The number of fused-ring (bicyclic) bond motifs is 2. The van der Waals surface area contributed by atoms with Crippen LogP contribution in [0.15, 0.2) is 40.5 Å². The molecular formula is C18H22INO2. The zero-order chi connectivity index (χ0) is 15.5. The molecule has 3 rings (SSSR count). The third-order valence-electron chi connectivity index (χ3n) is 5.17. The minimum absolute atomic E-state index is 0.0474. The van der Waals surface area contributed by atoms with Gasteiger partial charge in [-0.1, -0.05) is 59.0 Å². The summed E-state index contributed by atoms with van der Waals surface area (Å²) in [5.41, 5.74) is 1.28. The summed E-state index contributed by atoms with van der Waals surface area (Å²) in [5, 5.41) is 0. The van der Waals surface area contributed by atoms with Crippen LogP contribution in [0.5, 0.6) is 0 Å². The predicted molar refractivity (Wildman–Crippen MR) is 96.0 cm³/mol. The zero-order valence-corrected chi connectivity index (χ0v) is 15.0. The number of esters is 1. The lowest BCUT2D eigenvalue weighted by Crippen LogP contribution is -2.50. The van der Waals surface area contributed by atoms with Gasteiger partial charge >= 0.3 is 5.97 Å². The van der Waals surface area contributed by atoms with Crippen LogP contribution in [0.3, 0.4) is 0 Å². The second-order valence-electron chi connectivity index (χ2n) is 6.16. The van der Waals surface area contributed by atoms with Crippen molar-refractivity contribution in [3.8, 4) is 0 Å². The van der Waals surface area contributed by atoms with Crippen LogP contribution in [-0.4, -0.2) is 36.6 Å². The first-order chi connectivity index (χ1) is 10.8. The fraction of sp³-hybridized carbons (Fsp3) is 0.500. The molecular weight excluding hydrogens is 389 g/mol. The van der Waals surface area contributed by atoms with Crippen LogP contribution >= 0.6 is 22.6 Å². The molecule has 0 saturated carbocycles. The number of carbonyl (C=O) groups is 1. The number of methoxy groups -OCH3 is 1. The lowest BCUT2D eigenvalue weighted by atomic mass is 9.76. The lowest BCUT2D eigenvalue weighted by Gasteiger charge is -2.43. The summed E-state index contributed by atoms with van der Waals surface area (Å²) in [7, 11) is 1.51. The maximum Gasteiger partial charge on any atom is 0.310 e. The fourth-order valence-electron chi connectivity index (χ4n) is 4.26. The number of carbonyl (C=O) groups excluding carboxylic acids is 1. The van der Waals surface area contributed by atoms with Crippen molar-refractivity contribution < 1.29 is 9.53 Å². The first kappa shape index (κ1) is 16.0. The molecule has 0 amide bonds. The van der Waals surface area contributed by atoms with E-state index in [9.17, 15) is 4.79 Å². The minimum atomic E-state index is -0.0531. The Bertz CT molecular complexity index is 545. The number of ether oxygens (including phenoxy) is 1. The van der Waals surface area contributed by atoms with Crippen molar-refractivity contribution in [3.63, 3.8) is 0 Å². The van der Waals surface area contributed by atoms with Gasteiger partial charge in [0.2, 0.25) is 0 Å². The van der Waals surface area contributed by atoms with Crippen molar-refractivity contribution in [1.29, 1.82) is 0 Å². The molecule has 0 radical (unpaired) electrons. The van der Waals surface area contributed by atoms with Crippen molar-refractivity contribution in [2.24, 2.45) is 5.92 Å². The molecule has 4 heteroatoms. The smallest absolute Gasteiger partial charge is 0.310 e. The van der Waals surface area contributed by atoms with E-state index in [2.05, 4.69) is 61.9 Å². The normalized spacial score (nSPS) is 31.5. The number of nitrogens with zero attached hydrogens (tertiary/aromatic N) is 1. The van der Waals surface area contributed by atoms with Gasteiger partial charge in [-0.25, -0.2) is 0 Å². The Hall–Kier alpha value is -0.880. The SMILES string of the molecule is COC(=O)[C@H]1[C@@H](c2ccccc2)C[C@@H]2CC[C@H]1N2C/C=C/I. The molecule has 1 aromatic carbocycles. The van der Waals surface area contributed by atoms with E-state index in [1.165, 1.54) is 19.1 Å². The van der Waals surface area contributed by atoms with E-state index in [1.54, 1.807) is 0 Å². The van der Waals surface area contributed by atoms with Gasteiger partial charge in [0.15, 0.2) is 0 Å². The quantitative estimate of drug-likeness (QED) is 0.559. The molecule has 2 fully saturated rings. The van der Waals surface area contributed by atoms with Crippen LogP contribution < -0.4 is 0 Å². The van der Waals surface area contributed by atoms with E-state index in [0.717, 1.165) is 19.4 Å². The fourth-order valence-corrected chi connectivity index (χ4v) is 4.49.